The summed E-state index contributed by atoms with van der Waals surface area (Å²) in [6, 6.07) is 0. The van der Waals surface area contributed by atoms with Crippen LogP contribution >= 0.6 is 0 Å². The van der Waals surface area contributed by atoms with E-state index in [2.05, 4.69) is 15.0 Å². The summed E-state index contributed by atoms with van der Waals surface area (Å²) in [5.41, 5.74) is 0. The Morgan fingerprint density at radius 3 is 2.75 bits per heavy atom. The molecule has 7 heteroatoms. The van der Waals surface area contributed by atoms with Crippen LogP contribution in [0.4, 0.5) is 0 Å². The molecule has 2 fully saturated rings. The lowest BCUT2D eigenvalue weighted by Gasteiger charge is -2.30. The number of rotatable bonds is 6. The van der Waals surface area contributed by atoms with E-state index in [1.165, 1.54) is 12.8 Å². The first-order chi connectivity index (χ1) is 9.70. The number of hydrogen-bond donors (Lipinski definition) is 1. The number of ether oxygens (including phenoxy) is 1. The predicted octanol–water partition coefficient (Wildman–Crippen LogP) is 1.01. The lowest BCUT2D eigenvalue weighted by atomic mass is 10.1. The Morgan fingerprint density at radius 2 is 2.10 bits per heavy atom. The molecule has 0 amide bonds. The second-order valence-electron chi connectivity index (χ2n) is 5.50. The maximum Gasteiger partial charge on any atom is 0.329 e. The fourth-order valence-corrected chi connectivity index (χ4v) is 2.45. The molecule has 0 atom stereocenters. The molecule has 1 saturated carbocycles. The van der Waals surface area contributed by atoms with Crippen LogP contribution in [0.25, 0.3) is 0 Å². The highest BCUT2D eigenvalue weighted by Crippen LogP contribution is 2.38. The summed E-state index contributed by atoms with van der Waals surface area (Å²) in [5, 5.41) is 12.6. The third-order valence-electron chi connectivity index (χ3n) is 3.76. The van der Waals surface area contributed by atoms with Gasteiger partial charge in [0.05, 0.1) is 12.6 Å². The predicted molar refractivity (Wildman–Crippen MR) is 68.2 cm³/mol. The summed E-state index contributed by atoms with van der Waals surface area (Å²) < 4.78 is 10.6. The van der Waals surface area contributed by atoms with Crippen molar-refractivity contribution in [3.63, 3.8) is 0 Å². The minimum absolute atomic E-state index is 0.0482. The number of carboxylic acids is 1. The topological polar surface area (TPSA) is 88.7 Å². The Kier molecular flexibility index (Phi) is 3.98. The van der Waals surface area contributed by atoms with E-state index in [-0.39, 0.29) is 12.7 Å². The molecule has 1 N–H and O–H groups in total. The van der Waals surface area contributed by atoms with Gasteiger partial charge in [-0.3, -0.25) is 4.90 Å². The monoisotopic (exact) mass is 281 g/mol. The number of nitrogens with zero attached hydrogens (tertiary/aromatic N) is 3. The molecule has 1 aliphatic carbocycles. The Bertz CT molecular complexity index is 464. The van der Waals surface area contributed by atoms with Crippen molar-refractivity contribution in [2.75, 3.05) is 19.7 Å². The summed E-state index contributed by atoms with van der Waals surface area (Å²) in [5.74, 6) is 1.13. The van der Waals surface area contributed by atoms with Crippen molar-refractivity contribution in [3.8, 4) is 0 Å². The molecule has 0 aromatic carbocycles. The minimum Gasteiger partial charge on any atom is -0.480 e. The molecule has 2 aliphatic rings. The highest BCUT2D eigenvalue weighted by molar-refractivity contribution is 5.68. The largest absolute Gasteiger partial charge is 0.480 e. The van der Waals surface area contributed by atoms with E-state index in [1.807, 2.05) is 0 Å². The first-order valence-electron chi connectivity index (χ1n) is 7.09. The summed E-state index contributed by atoms with van der Waals surface area (Å²) >= 11 is 0. The van der Waals surface area contributed by atoms with Gasteiger partial charge in [-0.15, -0.1) is 0 Å². The molecule has 1 aliphatic heterocycles. The van der Waals surface area contributed by atoms with Gasteiger partial charge in [-0.25, -0.2) is 4.79 Å². The molecule has 1 aromatic rings. The van der Waals surface area contributed by atoms with Gasteiger partial charge >= 0.3 is 5.97 Å². The summed E-state index contributed by atoms with van der Waals surface area (Å²) in [6.07, 6.45) is 4.08. The van der Waals surface area contributed by atoms with Crippen LogP contribution in [-0.2, 0) is 16.1 Å². The van der Waals surface area contributed by atoms with E-state index in [4.69, 9.17) is 14.4 Å². The molecule has 110 valence electrons. The second kappa shape index (κ2) is 5.88. The van der Waals surface area contributed by atoms with Gasteiger partial charge in [0.15, 0.2) is 5.82 Å². The van der Waals surface area contributed by atoms with Gasteiger partial charge in [0.1, 0.15) is 6.61 Å². The van der Waals surface area contributed by atoms with Gasteiger partial charge in [0.2, 0.25) is 5.89 Å². The maximum atomic E-state index is 10.4. The lowest BCUT2D eigenvalue weighted by Crippen LogP contribution is -2.37. The van der Waals surface area contributed by atoms with E-state index in [9.17, 15) is 4.79 Å². The number of likely N-dealkylation sites (tertiary alicyclic amines) is 1. The van der Waals surface area contributed by atoms with Gasteiger partial charge in [-0.05, 0) is 25.7 Å². The third kappa shape index (κ3) is 3.55. The molecular formula is C13H19N3O4. The molecule has 0 radical (unpaired) electrons. The molecule has 1 saturated heterocycles. The molecule has 1 aromatic heterocycles. The molecular weight excluding hydrogens is 262 g/mol. The Hall–Kier alpha value is -1.47. The van der Waals surface area contributed by atoms with Gasteiger partial charge < -0.3 is 14.4 Å². The first-order valence-corrected chi connectivity index (χ1v) is 7.09. The molecule has 7 nitrogen and oxygen atoms in total. The lowest BCUT2D eigenvalue weighted by molar-refractivity contribution is -0.145. The van der Waals surface area contributed by atoms with Crippen molar-refractivity contribution in [2.24, 2.45) is 0 Å². The number of aliphatic carboxylic acids is 1. The van der Waals surface area contributed by atoms with E-state index in [1.54, 1.807) is 0 Å². The molecule has 3 rings (SSSR count). The van der Waals surface area contributed by atoms with Crippen molar-refractivity contribution in [2.45, 2.75) is 44.2 Å². The number of carboxylic acid groups (broad SMARTS) is 1. The van der Waals surface area contributed by atoms with Crippen molar-refractivity contribution < 1.29 is 19.2 Å². The molecule has 0 unspecified atom stereocenters. The number of piperidine rings is 1. The van der Waals surface area contributed by atoms with Gasteiger partial charge in [0, 0.05) is 19.0 Å². The Labute approximate surface area is 116 Å². The maximum absolute atomic E-state index is 10.4. The van der Waals surface area contributed by atoms with E-state index < -0.39 is 5.97 Å². The summed E-state index contributed by atoms with van der Waals surface area (Å²) in [7, 11) is 0. The summed E-state index contributed by atoms with van der Waals surface area (Å²) in [6.45, 7) is 2.20. The SMILES string of the molecule is O=C(O)COC1CCN(Cc2nc(C3CC3)no2)CC1. The van der Waals surface area contributed by atoms with Crippen LogP contribution in [0.5, 0.6) is 0 Å². The smallest absolute Gasteiger partial charge is 0.329 e. The van der Waals surface area contributed by atoms with Gasteiger partial charge in [-0.1, -0.05) is 5.16 Å². The zero-order valence-corrected chi connectivity index (χ0v) is 11.3. The van der Waals surface area contributed by atoms with Crippen LogP contribution in [0.3, 0.4) is 0 Å². The zero-order valence-electron chi connectivity index (χ0n) is 11.3. The molecule has 20 heavy (non-hydrogen) atoms. The highest BCUT2D eigenvalue weighted by atomic mass is 16.5. The molecule has 0 spiro atoms. The van der Waals surface area contributed by atoms with E-state index >= 15 is 0 Å². The van der Waals surface area contributed by atoms with Crippen LogP contribution in [0, 0.1) is 0 Å². The third-order valence-corrected chi connectivity index (χ3v) is 3.76. The van der Waals surface area contributed by atoms with E-state index in [0.29, 0.717) is 18.4 Å². The van der Waals surface area contributed by atoms with Crippen molar-refractivity contribution in [1.29, 1.82) is 0 Å². The second-order valence-corrected chi connectivity index (χ2v) is 5.50. The van der Waals surface area contributed by atoms with Crippen LogP contribution in [0.1, 0.15) is 43.3 Å². The fraction of sp³-hybridized carbons (Fsp3) is 0.769. The standard InChI is InChI=1S/C13H19N3O4/c17-12(18)8-19-10-3-5-16(6-4-10)7-11-14-13(15-20-11)9-1-2-9/h9-10H,1-8H2,(H,17,18). The summed E-state index contributed by atoms with van der Waals surface area (Å²) in [4.78, 5) is 17.1. The highest BCUT2D eigenvalue weighted by Gasteiger charge is 2.29. The minimum atomic E-state index is -0.911. The van der Waals surface area contributed by atoms with Crippen LogP contribution in [0.2, 0.25) is 0 Å². The average Bonchev–Trinajstić information content (AvgIpc) is 3.19. The van der Waals surface area contributed by atoms with Crippen molar-refractivity contribution in [1.82, 2.24) is 15.0 Å². The normalized spacial score (nSPS) is 21.2. The van der Waals surface area contributed by atoms with Gasteiger partial charge in [0.25, 0.3) is 0 Å². The zero-order chi connectivity index (χ0) is 13.9. The average molecular weight is 281 g/mol. The molecule has 2 heterocycles. The molecule has 0 bridgehead atoms. The Morgan fingerprint density at radius 1 is 1.35 bits per heavy atom. The number of hydrogen-bond acceptors (Lipinski definition) is 6. The number of aromatic nitrogens is 2. The van der Waals surface area contributed by atoms with Crippen LogP contribution in [0.15, 0.2) is 4.52 Å². The Balaban J connectivity index is 1.42. The number of carbonyl (C=O) groups is 1. The van der Waals surface area contributed by atoms with Crippen molar-refractivity contribution in [3.05, 3.63) is 11.7 Å². The van der Waals surface area contributed by atoms with Gasteiger partial charge in [-0.2, -0.15) is 4.98 Å². The van der Waals surface area contributed by atoms with Crippen molar-refractivity contribution >= 4 is 5.97 Å². The van der Waals surface area contributed by atoms with Crippen LogP contribution < -0.4 is 0 Å². The fourth-order valence-electron chi connectivity index (χ4n) is 2.45. The van der Waals surface area contributed by atoms with Crippen LogP contribution in [-0.4, -0.2) is 51.9 Å². The first kappa shape index (κ1) is 13.5. The van der Waals surface area contributed by atoms with E-state index in [0.717, 1.165) is 31.8 Å². The quantitative estimate of drug-likeness (QED) is 0.832.